The molecule has 1 aromatic carbocycles. The van der Waals surface area contributed by atoms with E-state index in [4.69, 9.17) is 10.5 Å². The number of ether oxygens (including phenoxy) is 1. The van der Waals surface area contributed by atoms with Crippen molar-refractivity contribution in [1.29, 1.82) is 0 Å². The van der Waals surface area contributed by atoms with Crippen LogP contribution in [0.5, 0.6) is 5.75 Å². The third-order valence-electron chi connectivity index (χ3n) is 11.7. The Kier molecular flexibility index (Phi) is 23.4. The topological polar surface area (TPSA) is 319 Å². The molecule has 8 amide bonds. The second-order valence-corrected chi connectivity index (χ2v) is 19.3. The van der Waals surface area contributed by atoms with Gasteiger partial charge in [-0.2, -0.15) is 0 Å². The number of carbonyl (C=O) groups excluding carboxylic acids is 9. The number of benzene rings is 1. The van der Waals surface area contributed by atoms with Crippen molar-refractivity contribution in [3.63, 3.8) is 0 Å². The number of nitrogens with two attached hydrogens (primary N) is 1. The van der Waals surface area contributed by atoms with Gasteiger partial charge in [0.2, 0.25) is 35.4 Å². The minimum Gasteiger partial charge on any atom is -0.616 e. The number of phenolic OH excluding ortho intramolecular Hbond substituents is 1. The van der Waals surface area contributed by atoms with Crippen LogP contribution in [0.25, 0.3) is 0 Å². The highest BCUT2D eigenvalue weighted by atomic mass is 32.2. The third kappa shape index (κ3) is 17.7. The third-order valence-corrected chi connectivity index (χ3v) is 12.3. The van der Waals surface area contributed by atoms with E-state index in [0.717, 1.165) is 15.9 Å². The van der Waals surface area contributed by atoms with Crippen LogP contribution in [0.1, 0.15) is 100.0 Å². The first-order chi connectivity index (χ1) is 31.7. The van der Waals surface area contributed by atoms with Crippen molar-refractivity contribution in [3.05, 3.63) is 41.6 Å². The second kappa shape index (κ2) is 27.3. The number of carbonyl (C=O) groups is 9. The fraction of sp³-hybridized carbons (Fsp3) is 0.630. The number of nitrogens with zero attached hydrogens (tertiary/aromatic N) is 2. The number of aliphatic hydroxyl groups excluding tert-OH is 1. The molecular formula is C46H72N8O13S. The van der Waals surface area contributed by atoms with Crippen molar-refractivity contribution >= 4 is 64.4 Å². The number of amides is 8. The molecule has 0 saturated heterocycles. The summed E-state index contributed by atoms with van der Waals surface area (Å²) in [6.45, 7) is 14.4. The van der Waals surface area contributed by atoms with E-state index in [-0.39, 0.29) is 43.0 Å². The fourth-order valence-corrected chi connectivity index (χ4v) is 7.90. The van der Waals surface area contributed by atoms with E-state index in [9.17, 15) is 57.9 Å². The van der Waals surface area contributed by atoms with Crippen molar-refractivity contribution in [2.45, 2.75) is 149 Å². The summed E-state index contributed by atoms with van der Waals surface area (Å²) in [7, 11) is 1.35. The van der Waals surface area contributed by atoms with Gasteiger partial charge in [-0.1, -0.05) is 66.5 Å². The highest BCUT2D eigenvalue weighted by molar-refractivity contribution is 7.91. The van der Waals surface area contributed by atoms with Crippen molar-refractivity contribution in [2.24, 2.45) is 23.5 Å². The van der Waals surface area contributed by atoms with Gasteiger partial charge in [0.05, 0.1) is 6.26 Å². The van der Waals surface area contributed by atoms with Crippen molar-refractivity contribution in [2.75, 3.05) is 19.1 Å². The van der Waals surface area contributed by atoms with Crippen LogP contribution in [0.15, 0.2) is 36.0 Å². The minimum absolute atomic E-state index is 0.0171. The van der Waals surface area contributed by atoms with E-state index in [0.29, 0.717) is 18.4 Å². The van der Waals surface area contributed by atoms with Crippen LogP contribution in [0.3, 0.4) is 0 Å². The zero-order valence-electron chi connectivity index (χ0n) is 41.0. The van der Waals surface area contributed by atoms with E-state index in [2.05, 4.69) is 26.6 Å². The van der Waals surface area contributed by atoms with Crippen LogP contribution in [0, 0.1) is 17.8 Å². The molecular weight excluding hydrogens is 905 g/mol. The predicted octanol–water partition coefficient (Wildman–Crippen LogP) is -0.0160. The van der Waals surface area contributed by atoms with Gasteiger partial charge in [-0.3, -0.25) is 38.4 Å². The molecule has 0 aliphatic carbocycles. The van der Waals surface area contributed by atoms with Crippen molar-refractivity contribution in [1.82, 2.24) is 36.4 Å². The SMILES string of the molecule is CCC(C)[C@@H]1NC(=O)[C@H](Cc2ccc(O)cc2)N(C)C(=O)[C@H](C(C)CC)N([C@H](C)O)C(=O)/C=C(\C)NC(=O)[C@H](CC(C)C)NC(=O)[C@@H](NC(=O)[C@H](CCC(N)=O)NC(=O)C[S+](C)[O-])[C@@H](C)OC1=O. The zero-order chi connectivity index (χ0) is 51.7. The lowest BCUT2D eigenvalue weighted by atomic mass is 9.93. The largest absolute Gasteiger partial charge is 0.616 e. The molecule has 68 heavy (non-hydrogen) atoms. The smallest absolute Gasteiger partial charge is 0.329 e. The summed E-state index contributed by atoms with van der Waals surface area (Å²) in [5.74, 6) is -10.0. The number of esters is 1. The molecule has 1 aliphatic rings. The summed E-state index contributed by atoms with van der Waals surface area (Å²) in [4.78, 5) is 127. The van der Waals surface area contributed by atoms with Crippen LogP contribution in [-0.2, 0) is 65.5 Å². The number of allylic oxidation sites excluding steroid dienone is 1. The second-order valence-electron chi connectivity index (χ2n) is 17.9. The number of nitrogens with one attached hydrogen (secondary N) is 5. The quantitative estimate of drug-likeness (QED) is 0.0753. The minimum atomic E-state index is -1.80. The standard InChI is InChI=1S/C46H72N8O13S/c1-12-25(5)38-46(65)67-28(8)39(52-41(60)32(18-19-35(47)57)49-36(58)23-68(11)66)44(63)50-33(20-24(3)4)42(61)48-27(7)21-37(59)54(29(9)55)40(26(6)13-2)45(64)53(10)34(43(62)51-38)22-30-14-16-31(56)17-15-30/h14-17,21,24-26,28-29,32-34,38-40,55-56H,12-13,18-20,22-23H2,1-11H3,(H2,47,57)(H,48,61)(H,49,58)(H,50,63)(H,51,62)(H,52,60)/b27-21+/t25?,26?,28-,29+,32+,33+,34+,38+,39+,40+,68?/m1/s1. The molecule has 21 nitrogen and oxygen atoms in total. The van der Waals surface area contributed by atoms with Gasteiger partial charge in [0.1, 0.15) is 54.3 Å². The van der Waals surface area contributed by atoms with Crippen LogP contribution < -0.4 is 32.3 Å². The lowest BCUT2D eigenvalue weighted by Crippen LogP contribution is -2.62. The molecule has 380 valence electrons. The van der Waals surface area contributed by atoms with Crippen molar-refractivity contribution < 1.29 is 62.7 Å². The molecule has 9 N–H and O–H groups in total. The summed E-state index contributed by atoms with van der Waals surface area (Å²) >= 11 is -1.62. The molecule has 1 heterocycles. The highest BCUT2D eigenvalue weighted by Crippen LogP contribution is 2.24. The van der Waals surface area contributed by atoms with Gasteiger partial charge >= 0.3 is 5.97 Å². The Morgan fingerprint density at radius 3 is 2.07 bits per heavy atom. The number of hydrogen-bond acceptors (Lipinski definition) is 13. The molecule has 0 bridgehead atoms. The molecule has 2 rings (SSSR count). The molecule has 0 saturated carbocycles. The van der Waals surface area contributed by atoms with Crippen molar-refractivity contribution in [3.8, 4) is 5.75 Å². The Hall–Kier alpha value is -5.74. The number of likely N-dealkylation sites (N-methyl/N-ethyl adjacent to an activating group) is 1. The van der Waals surface area contributed by atoms with E-state index in [1.165, 1.54) is 46.2 Å². The lowest BCUT2D eigenvalue weighted by Gasteiger charge is -2.40. The van der Waals surface area contributed by atoms with Crippen LogP contribution in [0.4, 0.5) is 0 Å². The van der Waals surface area contributed by atoms with Crippen LogP contribution in [0.2, 0.25) is 0 Å². The number of cyclic esters (lactones) is 1. The number of phenols is 1. The Labute approximate surface area is 401 Å². The van der Waals surface area contributed by atoms with E-state index >= 15 is 0 Å². The summed E-state index contributed by atoms with van der Waals surface area (Å²) in [6.07, 6.45) is -1.07. The molecule has 11 atom stereocenters. The number of hydrogen-bond donors (Lipinski definition) is 8. The lowest BCUT2D eigenvalue weighted by molar-refractivity contribution is -0.159. The van der Waals surface area contributed by atoms with E-state index < -0.39 is 131 Å². The first kappa shape index (κ1) is 58.4. The van der Waals surface area contributed by atoms with Gasteiger partial charge in [0.25, 0.3) is 11.8 Å². The maximum absolute atomic E-state index is 14.8. The maximum Gasteiger partial charge on any atom is 0.329 e. The number of rotatable bonds is 17. The van der Waals surface area contributed by atoms with Gasteiger partial charge in [0.15, 0.2) is 5.75 Å². The molecule has 3 unspecified atom stereocenters. The zero-order valence-corrected chi connectivity index (χ0v) is 41.8. The van der Waals surface area contributed by atoms with E-state index in [1.54, 1.807) is 53.7 Å². The Balaban J connectivity index is 2.93. The molecule has 1 aromatic rings. The maximum atomic E-state index is 14.8. The number of aromatic hydroxyl groups is 1. The number of primary amides is 1. The average molecular weight is 977 g/mol. The summed E-state index contributed by atoms with van der Waals surface area (Å²) in [5.41, 5.74) is 5.80. The molecule has 0 radical (unpaired) electrons. The van der Waals surface area contributed by atoms with E-state index in [1.807, 2.05) is 0 Å². The Morgan fingerprint density at radius 1 is 0.941 bits per heavy atom. The normalized spacial score (nSPS) is 24.8. The summed E-state index contributed by atoms with van der Waals surface area (Å²) in [6, 6.07) is -2.95. The van der Waals surface area contributed by atoms with Gasteiger partial charge in [-0.15, -0.1) is 0 Å². The monoisotopic (exact) mass is 976 g/mol. The molecule has 22 heteroatoms. The Morgan fingerprint density at radius 2 is 1.54 bits per heavy atom. The summed E-state index contributed by atoms with van der Waals surface area (Å²) < 4.78 is 17.7. The van der Waals surface area contributed by atoms with Gasteiger partial charge in [0, 0.05) is 31.7 Å². The van der Waals surface area contributed by atoms with Gasteiger partial charge in [-0.05, 0) is 80.2 Å². The summed E-state index contributed by atoms with van der Waals surface area (Å²) in [5, 5.41) is 33.9. The fourth-order valence-electron chi connectivity index (χ4n) is 7.45. The number of aliphatic hydroxyl groups is 1. The van der Waals surface area contributed by atoms with Crippen LogP contribution >= 0.6 is 0 Å². The van der Waals surface area contributed by atoms with Gasteiger partial charge in [-0.25, -0.2) is 4.79 Å². The van der Waals surface area contributed by atoms with Crippen LogP contribution in [-0.4, -0.2) is 145 Å². The van der Waals surface area contributed by atoms with Gasteiger partial charge < -0.3 is 61.6 Å². The predicted molar refractivity (Wildman–Crippen MR) is 252 cm³/mol. The molecule has 1 aliphatic heterocycles. The molecule has 0 fully saturated rings. The highest BCUT2D eigenvalue weighted by Gasteiger charge is 2.43. The molecule has 0 spiro atoms. The first-order valence-electron chi connectivity index (χ1n) is 22.8. The molecule has 0 aromatic heterocycles. The Bertz CT molecular complexity index is 1980. The first-order valence-corrected chi connectivity index (χ1v) is 24.5. The average Bonchev–Trinajstić information content (AvgIpc) is 3.24.